The molecule has 90 valence electrons. The fourth-order valence-electron chi connectivity index (χ4n) is 2.99. The maximum Gasteiger partial charge on any atom is 0.0540 e. The number of hydrogen-bond acceptors (Lipinski definition) is 1. The summed E-state index contributed by atoms with van der Waals surface area (Å²) in [4.78, 5) is 0. The molecule has 0 bridgehead atoms. The molecule has 17 heavy (non-hydrogen) atoms. The highest BCUT2D eigenvalue weighted by Gasteiger charge is 2.32. The second-order valence-corrected chi connectivity index (χ2v) is 6.01. The summed E-state index contributed by atoms with van der Waals surface area (Å²) in [6.07, 6.45) is 4.62. The van der Waals surface area contributed by atoms with Crippen molar-refractivity contribution in [3.05, 3.63) is 34.4 Å². The van der Waals surface area contributed by atoms with Gasteiger partial charge in [-0.3, -0.25) is 0 Å². The maximum atomic E-state index is 3.65. The third-order valence-electron chi connectivity index (χ3n) is 3.92. The molecule has 1 unspecified atom stereocenters. The van der Waals surface area contributed by atoms with Crippen molar-refractivity contribution in [2.24, 2.45) is 7.05 Å². The minimum atomic E-state index is 0.130. The Balaban J connectivity index is 2.29. The van der Waals surface area contributed by atoms with Crippen LogP contribution in [0.5, 0.6) is 0 Å². The Morgan fingerprint density at radius 1 is 1.41 bits per heavy atom. The van der Waals surface area contributed by atoms with Gasteiger partial charge in [0.05, 0.1) is 5.52 Å². The molecule has 1 aromatic heterocycles. The first-order chi connectivity index (χ1) is 8.12. The molecule has 1 atom stereocenters. The van der Waals surface area contributed by atoms with E-state index in [1.807, 2.05) is 0 Å². The van der Waals surface area contributed by atoms with Crippen LogP contribution in [0.2, 0.25) is 0 Å². The van der Waals surface area contributed by atoms with Gasteiger partial charge in [-0.2, -0.15) is 0 Å². The lowest BCUT2D eigenvalue weighted by molar-refractivity contribution is 0.437. The molecule has 3 heteroatoms. The van der Waals surface area contributed by atoms with E-state index >= 15 is 0 Å². The molecule has 2 aromatic rings. The molecule has 1 aliphatic heterocycles. The van der Waals surface area contributed by atoms with Gasteiger partial charge in [-0.15, -0.1) is 0 Å². The third-order valence-corrected chi connectivity index (χ3v) is 4.55. The Bertz CT molecular complexity index is 565. The van der Waals surface area contributed by atoms with Crippen LogP contribution in [0.25, 0.3) is 10.9 Å². The van der Waals surface area contributed by atoms with Crippen LogP contribution in [0.15, 0.2) is 28.9 Å². The summed E-state index contributed by atoms with van der Waals surface area (Å²) in [5, 5.41) is 4.95. The van der Waals surface area contributed by atoms with Gasteiger partial charge in [0.1, 0.15) is 0 Å². The molecular weight excluding hydrogens is 276 g/mol. The van der Waals surface area contributed by atoms with E-state index in [4.69, 9.17) is 0 Å². The number of aryl methyl sites for hydroxylation is 1. The van der Waals surface area contributed by atoms with Crippen LogP contribution < -0.4 is 5.32 Å². The van der Waals surface area contributed by atoms with Gasteiger partial charge in [-0.05, 0) is 47.8 Å². The molecular formula is C14H17BrN2. The number of halogens is 1. The fraction of sp³-hybridized carbons (Fsp3) is 0.429. The lowest BCUT2D eigenvalue weighted by Gasteiger charge is -2.26. The first kappa shape index (κ1) is 11.3. The van der Waals surface area contributed by atoms with Crippen molar-refractivity contribution in [1.29, 1.82) is 0 Å². The summed E-state index contributed by atoms with van der Waals surface area (Å²) in [5.74, 6) is 0. The zero-order valence-corrected chi connectivity index (χ0v) is 11.8. The van der Waals surface area contributed by atoms with Crippen molar-refractivity contribution in [1.82, 2.24) is 9.88 Å². The van der Waals surface area contributed by atoms with Crippen LogP contribution >= 0.6 is 15.9 Å². The van der Waals surface area contributed by atoms with E-state index in [2.05, 4.69) is 64.2 Å². The smallest absolute Gasteiger partial charge is 0.0540 e. The molecule has 1 N–H and O–H groups in total. The standard InChI is InChI=1S/C14H17BrN2/c1-14(7-4-8-16-14)11-6-3-5-10-12(15)9-17(2)13(10)11/h3,5-6,9,16H,4,7-8H2,1-2H3. The van der Waals surface area contributed by atoms with Gasteiger partial charge in [0.15, 0.2) is 0 Å². The Morgan fingerprint density at radius 2 is 2.24 bits per heavy atom. The van der Waals surface area contributed by atoms with Crippen LogP contribution in [0.1, 0.15) is 25.3 Å². The van der Waals surface area contributed by atoms with Gasteiger partial charge in [0, 0.05) is 28.6 Å². The molecule has 1 aliphatic rings. The summed E-state index contributed by atoms with van der Waals surface area (Å²) >= 11 is 3.64. The van der Waals surface area contributed by atoms with Crippen LogP contribution in [0.3, 0.4) is 0 Å². The van der Waals surface area contributed by atoms with Crippen molar-refractivity contribution >= 4 is 26.8 Å². The van der Waals surface area contributed by atoms with Crippen LogP contribution in [-0.2, 0) is 12.6 Å². The minimum Gasteiger partial charge on any atom is -0.349 e. The topological polar surface area (TPSA) is 17.0 Å². The fourth-order valence-corrected chi connectivity index (χ4v) is 3.62. The Hall–Kier alpha value is -0.800. The quantitative estimate of drug-likeness (QED) is 0.851. The Kier molecular flexibility index (Phi) is 2.56. The van der Waals surface area contributed by atoms with Crippen LogP contribution in [0.4, 0.5) is 0 Å². The Labute approximate surface area is 110 Å². The normalized spacial score (nSPS) is 24.6. The summed E-state index contributed by atoms with van der Waals surface area (Å²) in [7, 11) is 2.12. The highest BCUT2D eigenvalue weighted by molar-refractivity contribution is 9.10. The van der Waals surface area contributed by atoms with E-state index < -0.39 is 0 Å². The van der Waals surface area contributed by atoms with E-state index in [9.17, 15) is 0 Å². The highest BCUT2D eigenvalue weighted by Crippen LogP contribution is 2.37. The van der Waals surface area contributed by atoms with Gasteiger partial charge < -0.3 is 9.88 Å². The van der Waals surface area contributed by atoms with E-state index in [-0.39, 0.29) is 5.54 Å². The molecule has 1 aromatic carbocycles. The van der Waals surface area contributed by atoms with Gasteiger partial charge in [-0.25, -0.2) is 0 Å². The zero-order chi connectivity index (χ0) is 12.0. The summed E-state index contributed by atoms with van der Waals surface area (Å²) in [6.45, 7) is 3.44. The van der Waals surface area contributed by atoms with Crippen molar-refractivity contribution in [2.45, 2.75) is 25.3 Å². The summed E-state index contributed by atoms with van der Waals surface area (Å²) in [6, 6.07) is 6.60. The summed E-state index contributed by atoms with van der Waals surface area (Å²) < 4.78 is 3.40. The first-order valence-corrected chi connectivity index (χ1v) is 6.90. The number of hydrogen-bond donors (Lipinski definition) is 1. The number of aromatic nitrogens is 1. The number of rotatable bonds is 1. The van der Waals surface area contributed by atoms with Gasteiger partial charge in [0.25, 0.3) is 0 Å². The average Bonchev–Trinajstić information content (AvgIpc) is 2.86. The van der Waals surface area contributed by atoms with E-state index in [0.717, 1.165) is 6.54 Å². The van der Waals surface area contributed by atoms with Crippen LogP contribution in [0, 0.1) is 0 Å². The Morgan fingerprint density at radius 3 is 2.94 bits per heavy atom. The second-order valence-electron chi connectivity index (χ2n) is 5.15. The molecule has 0 aliphatic carbocycles. The van der Waals surface area contributed by atoms with E-state index in [1.165, 1.54) is 33.8 Å². The molecule has 1 fully saturated rings. The number of para-hydroxylation sites is 1. The molecule has 0 saturated carbocycles. The predicted molar refractivity (Wildman–Crippen MR) is 75.2 cm³/mol. The first-order valence-electron chi connectivity index (χ1n) is 6.11. The summed E-state index contributed by atoms with van der Waals surface area (Å²) in [5.41, 5.74) is 2.89. The predicted octanol–water partition coefficient (Wildman–Crippen LogP) is 3.54. The third kappa shape index (κ3) is 1.64. The number of nitrogens with one attached hydrogen (secondary N) is 1. The van der Waals surface area contributed by atoms with Crippen molar-refractivity contribution < 1.29 is 0 Å². The zero-order valence-electron chi connectivity index (χ0n) is 10.3. The van der Waals surface area contributed by atoms with Gasteiger partial charge >= 0.3 is 0 Å². The minimum absolute atomic E-state index is 0.130. The van der Waals surface area contributed by atoms with E-state index in [1.54, 1.807) is 0 Å². The molecule has 2 heterocycles. The number of nitrogens with zero attached hydrogens (tertiary/aromatic N) is 1. The van der Waals surface area contributed by atoms with Gasteiger partial charge in [-0.1, -0.05) is 18.2 Å². The van der Waals surface area contributed by atoms with Gasteiger partial charge in [0.2, 0.25) is 0 Å². The van der Waals surface area contributed by atoms with Crippen molar-refractivity contribution in [2.75, 3.05) is 6.54 Å². The molecule has 0 amide bonds. The van der Waals surface area contributed by atoms with E-state index in [0.29, 0.717) is 0 Å². The lowest BCUT2D eigenvalue weighted by Crippen LogP contribution is -2.33. The number of fused-ring (bicyclic) bond motifs is 1. The van der Waals surface area contributed by atoms with Crippen molar-refractivity contribution in [3.63, 3.8) is 0 Å². The highest BCUT2D eigenvalue weighted by atomic mass is 79.9. The molecule has 1 saturated heterocycles. The van der Waals surface area contributed by atoms with Crippen molar-refractivity contribution in [3.8, 4) is 0 Å². The SMILES string of the molecule is Cn1cc(Br)c2cccc(C3(C)CCCN3)c21. The number of benzene rings is 1. The second kappa shape index (κ2) is 3.85. The maximum absolute atomic E-state index is 3.65. The molecule has 2 nitrogen and oxygen atoms in total. The lowest BCUT2D eigenvalue weighted by atomic mass is 9.89. The molecule has 3 rings (SSSR count). The monoisotopic (exact) mass is 292 g/mol. The molecule has 0 spiro atoms. The molecule has 0 radical (unpaired) electrons. The van der Waals surface area contributed by atoms with Crippen LogP contribution in [-0.4, -0.2) is 11.1 Å². The average molecular weight is 293 g/mol. The largest absolute Gasteiger partial charge is 0.349 e.